The Kier molecular flexibility index (Phi) is 9.86. The van der Waals surface area contributed by atoms with Crippen molar-refractivity contribution in [1.29, 1.82) is 0 Å². The van der Waals surface area contributed by atoms with Gasteiger partial charge in [0, 0.05) is 43.2 Å². The molecule has 4 rings (SSSR count). The molecule has 2 aliphatic heterocycles. The van der Waals surface area contributed by atoms with Gasteiger partial charge in [0.2, 0.25) is 0 Å². The number of carbonyl (C=O) groups excluding carboxylic acids is 1. The maximum Gasteiger partial charge on any atom is 0.310 e. The van der Waals surface area contributed by atoms with Crippen molar-refractivity contribution >= 4 is 29.0 Å². The number of nitrogens with zero attached hydrogens (tertiary/aromatic N) is 3. The highest BCUT2D eigenvalue weighted by atomic mass is 32.2. The zero-order valence-corrected chi connectivity index (χ0v) is 22.7. The molecule has 2 aromatic rings. The van der Waals surface area contributed by atoms with E-state index in [0.29, 0.717) is 6.61 Å². The Labute approximate surface area is 209 Å². The summed E-state index contributed by atoms with van der Waals surface area (Å²) in [6.07, 6.45) is 4.47. The number of hydrogen-bond donors (Lipinski definition) is 0. The van der Waals surface area contributed by atoms with E-state index in [1.165, 1.54) is 23.3 Å². The number of aryl methyl sites for hydroxylation is 1. The van der Waals surface area contributed by atoms with Crippen molar-refractivity contribution in [2.24, 2.45) is 11.8 Å². The second-order valence-corrected chi connectivity index (χ2v) is 11.6. The maximum absolute atomic E-state index is 12.1. The van der Waals surface area contributed by atoms with Gasteiger partial charge in [-0.3, -0.25) is 4.79 Å². The molecule has 0 spiro atoms. The summed E-state index contributed by atoms with van der Waals surface area (Å²) in [6.45, 7) is 18.0. The summed E-state index contributed by atoms with van der Waals surface area (Å²) in [5.41, 5.74) is 2.25. The van der Waals surface area contributed by atoms with Gasteiger partial charge in [0.1, 0.15) is 5.82 Å². The van der Waals surface area contributed by atoms with Gasteiger partial charge < -0.3 is 14.0 Å². The van der Waals surface area contributed by atoms with Crippen LogP contribution in [0.3, 0.4) is 0 Å². The molecule has 0 aliphatic carbocycles. The van der Waals surface area contributed by atoms with Gasteiger partial charge in [0.05, 0.1) is 23.6 Å². The third-order valence-corrected chi connectivity index (χ3v) is 7.51. The van der Waals surface area contributed by atoms with E-state index in [1.807, 2.05) is 6.92 Å². The Balaban J connectivity index is 0.000000396. The fraction of sp³-hybridized carbons (Fsp3) is 0.704. The highest BCUT2D eigenvalue weighted by molar-refractivity contribution is 7.97. The highest BCUT2D eigenvalue weighted by Gasteiger charge is 2.28. The van der Waals surface area contributed by atoms with Crippen LogP contribution in [0.2, 0.25) is 0 Å². The van der Waals surface area contributed by atoms with Crippen molar-refractivity contribution in [2.45, 2.75) is 84.1 Å². The lowest BCUT2D eigenvalue weighted by Gasteiger charge is -2.30. The van der Waals surface area contributed by atoms with Crippen LogP contribution in [0, 0.1) is 11.8 Å². The predicted molar refractivity (Wildman–Crippen MR) is 140 cm³/mol. The van der Waals surface area contributed by atoms with Gasteiger partial charge in [-0.2, -0.15) is 0 Å². The van der Waals surface area contributed by atoms with Gasteiger partial charge in [0.15, 0.2) is 0 Å². The first-order valence-corrected chi connectivity index (χ1v) is 13.7. The summed E-state index contributed by atoms with van der Waals surface area (Å²) >= 11 is 1.73. The van der Waals surface area contributed by atoms with Crippen LogP contribution in [0.1, 0.15) is 73.1 Å². The van der Waals surface area contributed by atoms with Gasteiger partial charge in [-0.25, -0.2) is 9.29 Å². The molecule has 1 unspecified atom stereocenters. The van der Waals surface area contributed by atoms with Gasteiger partial charge in [-0.15, -0.1) is 0 Å². The Morgan fingerprint density at radius 1 is 1.21 bits per heavy atom. The molecule has 0 bridgehead atoms. The standard InChI is InChI=1S/C21H31N3O2S.C6H12O/c1-6-24-18-11-10-16(13-17(18)22-20(24)21(3,4)5)27-23-12-8-9-15(14-23)19(25)26-7-2;1-6-2-4-7-5-3-6/h10-11,13,15H,6-9,12,14H2,1-5H3;6H,2-5H2,1H3. The Morgan fingerprint density at radius 2 is 1.94 bits per heavy atom. The fourth-order valence-corrected chi connectivity index (χ4v) is 5.57. The molecule has 0 saturated carbocycles. The molecule has 190 valence electrons. The summed E-state index contributed by atoms with van der Waals surface area (Å²) in [5.74, 6) is 1.97. The molecule has 0 amide bonds. The van der Waals surface area contributed by atoms with E-state index in [9.17, 15) is 4.79 Å². The number of ether oxygens (including phenoxy) is 2. The Hall–Kier alpha value is -1.57. The van der Waals surface area contributed by atoms with E-state index in [-0.39, 0.29) is 17.3 Å². The van der Waals surface area contributed by atoms with Crippen molar-refractivity contribution in [3.05, 3.63) is 24.0 Å². The third kappa shape index (κ3) is 7.22. The van der Waals surface area contributed by atoms with E-state index >= 15 is 0 Å². The predicted octanol–water partition coefficient (Wildman–Crippen LogP) is 6.07. The molecule has 6 nitrogen and oxygen atoms in total. The van der Waals surface area contributed by atoms with Crippen molar-refractivity contribution in [3.63, 3.8) is 0 Å². The number of fused-ring (bicyclic) bond motifs is 1. The molecule has 3 heterocycles. The van der Waals surface area contributed by atoms with Crippen LogP contribution < -0.4 is 0 Å². The molecule has 2 aliphatic rings. The molecule has 2 saturated heterocycles. The Bertz CT molecular complexity index is 931. The summed E-state index contributed by atoms with van der Waals surface area (Å²) in [7, 11) is 0. The molecule has 1 aromatic carbocycles. The van der Waals surface area contributed by atoms with Crippen LogP contribution in [-0.4, -0.2) is 52.7 Å². The SMILES string of the molecule is CC1CCOCC1.CCOC(=O)C1CCCN(Sc2ccc3c(c2)nc(C(C)(C)C)n3CC)C1. The van der Waals surface area contributed by atoms with Crippen LogP contribution in [0.25, 0.3) is 11.0 Å². The van der Waals surface area contributed by atoms with Gasteiger partial charge >= 0.3 is 5.97 Å². The topological polar surface area (TPSA) is 56.6 Å². The number of imidazole rings is 1. The smallest absolute Gasteiger partial charge is 0.310 e. The van der Waals surface area contributed by atoms with E-state index < -0.39 is 0 Å². The van der Waals surface area contributed by atoms with Crippen LogP contribution in [0.15, 0.2) is 23.1 Å². The minimum Gasteiger partial charge on any atom is -0.466 e. The van der Waals surface area contributed by atoms with Crippen LogP contribution in [0.5, 0.6) is 0 Å². The lowest BCUT2D eigenvalue weighted by Crippen LogP contribution is -2.35. The van der Waals surface area contributed by atoms with Crippen molar-refractivity contribution in [2.75, 3.05) is 32.9 Å². The lowest BCUT2D eigenvalue weighted by atomic mass is 9.96. The van der Waals surface area contributed by atoms with Crippen molar-refractivity contribution < 1.29 is 14.3 Å². The van der Waals surface area contributed by atoms with Crippen LogP contribution in [0.4, 0.5) is 0 Å². The maximum atomic E-state index is 12.1. The first-order valence-electron chi connectivity index (χ1n) is 12.9. The summed E-state index contributed by atoms with van der Waals surface area (Å²) in [6, 6.07) is 6.52. The second kappa shape index (κ2) is 12.4. The largest absolute Gasteiger partial charge is 0.466 e. The fourth-order valence-electron chi connectivity index (χ4n) is 4.50. The van der Waals surface area contributed by atoms with Crippen LogP contribution >= 0.6 is 11.9 Å². The molecular formula is C27H43N3O3S. The summed E-state index contributed by atoms with van der Waals surface area (Å²) in [5, 5.41) is 0. The van der Waals surface area contributed by atoms with E-state index in [2.05, 4.69) is 61.7 Å². The van der Waals surface area contributed by atoms with Gasteiger partial charge in [-0.1, -0.05) is 27.7 Å². The minimum atomic E-state index is -0.0604. The molecule has 2 fully saturated rings. The van der Waals surface area contributed by atoms with E-state index in [0.717, 1.165) is 62.9 Å². The average Bonchev–Trinajstić information content (AvgIpc) is 3.19. The molecule has 0 radical (unpaired) electrons. The van der Waals surface area contributed by atoms with Gasteiger partial charge in [0.25, 0.3) is 0 Å². The molecule has 0 N–H and O–H groups in total. The number of aromatic nitrogens is 2. The number of benzene rings is 1. The number of carbonyl (C=O) groups is 1. The van der Waals surface area contributed by atoms with E-state index in [1.54, 1.807) is 11.9 Å². The summed E-state index contributed by atoms with van der Waals surface area (Å²) < 4.78 is 14.9. The molecular weight excluding hydrogens is 446 g/mol. The third-order valence-electron chi connectivity index (χ3n) is 6.46. The average molecular weight is 490 g/mol. The first-order chi connectivity index (χ1) is 16.2. The molecule has 7 heteroatoms. The number of piperidine rings is 1. The quantitative estimate of drug-likeness (QED) is 0.375. The normalized spacial score (nSPS) is 20.1. The Morgan fingerprint density at radius 3 is 2.53 bits per heavy atom. The minimum absolute atomic E-state index is 0.0123. The molecule has 1 aromatic heterocycles. The van der Waals surface area contributed by atoms with Crippen molar-refractivity contribution in [1.82, 2.24) is 13.9 Å². The zero-order valence-electron chi connectivity index (χ0n) is 21.9. The highest BCUT2D eigenvalue weighted by Crippen LogP contribution is 2.32. The number of hydrogen-bond acceptors (Lipinski definition) is 6. The lowest BCUT2D eigenvalue weighted by molar-refractivity contribution is -0.149. The van der Waals surface area contributed by atoms with Crippen molar-refractivity contribution in [3.8, 4) is 0 Å². The zero-order chi connectivity index (χ0) is 24.7. The number of rotatable bonds is 5. The van der Waals surface area contributed by atoms with Crippen LogP contribution in [-0.2, 0) is 26.2 Å². The summed E-state index contributed by atoms with van der Waals surface area (Å²) in [4.78, 5) is 18.2. The second-order valence-electron chi connectivity index (χ2n) is 10.4. The molecule has 34 heavy (non-hydrogen) atoms. The number of esters is 1. The molecule has 1 atom stereocenters. The first kappa shape index (κ1) is 27.0. The van der Waals surface area contributed by atoms with Gasteiger partial charge in [-0.05, 0) is 75.6 Å². The van der Waals surface area contributed by atoms with E-state index in [4.69, 9.17) is 14.5 Å². The monoisotopic (exact) mass is 489 g/mol.